The highest BCUT2D eigenvalue weighted by Crippen LogP contribution is 2.45. The second kappa shape index (κ2) is 6.09. The second-order valence-corrected chi connectivity index (χ2v) is 6.25. The highest BCUT2D eigenvalue weighted by Gasteiger charge is 2.44. The summed E-state index contributed by atoms with van der Waals surface area (Å²) in [6.07, 6.45) is 8.79. The third-order valence-electron chi connectivity index (χ3n) is 5.02. The van der Waals surface area contributed by atoms with E-state index in [2.05, 4.69) is 24.3 Å². The van der Waals surface area contributed by atoms with Crippen molar-refractivity contribution < 1.29 is 9.53 Å². The van der Waals surface area contributed by atoms with Gasteiger partial charge in [-0.2, -0.15) is 0 Å². The number of carbonyl (C=O) groups is 1. The molecule has 0 radical (unpaired) electrons. The van der Waals surface area contributed by atoms with E-state index >= 15 is 0 Å². The number of hydrogen-bond acceptors (Lipinski definition) is 2. The van der Waals surface area contributed by atoms with Crippen LogP contribution in [0.3, 0.4) is 0 Å². The molecular formula is C18H24O2. The van der Waals surface area contributed by atoms with Gasteiger partial charge in [-0.3, -0.25) is 4.79 Å². The SMILES string of the molecule is O=C(CCCC1CCCO1)C1(c2ccccc2)CCC1. The number of rotatable bonds is 6. The maximum atomic E-state index is 12.7. The standard InChI is InChI=1S/C18H24O2/c19-17(11-4-9-16-10-5-14-20-16)18(12-6-13-18)15-7-2-1-3-8-15/h1-3,7-8,16H,4-6,9-14H2. The summed E-state index contributed by atoms with van der Waals surface area (Å²) >= 11 is 0. The number of hydrogen-bond donors (Lipinski definition) is 0. The number of carbonyl (C=O) groups excluding carboxylic acids is 1. The molecule has 1 aromatic carbocycles. The van der Waals surface area contributed by atoms with Crippen LogP contribution in [0.25, 0.3) is 0 Å². The van der Waals surface area contributed by atoms with Gasteiger partial charge >= 0.3 is 0 Å². The van der Waals surface area contributed by atoms with Gasteiger partial charge in [-0.1, -0.05) is 36.8 Å². The molecule has 0 aromatic heterocycles. The lowest BCUT2D eigenvalue weighted by molar-refractivity contribution is -0.127. The Labute approximate surface area is 121 Å². The Morgan fingerprint density at radius 2 is 2.00 bits per heavy atom. The van der Waals surface area contributed by atoms with Gasteiger partial charge < -0.3 is 4.74 Å². The normalized spacial score (nSPS) is 24.3. The van der Waals surface area contributed by atoms with Gasteiger partial charge in [0.1, 0.15) is 5.78 Å². The average molecular weight is 272 g/mol. The lowest BCUT2D eigenvalue weighted by Crippen LogP contribution is -2.42. The fraction of sp³-hybridized carbons (Fsp3) is 0.611. The van der Waals surface area contributed by atoms with Crippen LogP contribution in [0.15, 0.2) is 30.3 Å². The zero-order valence-corrected chi connectivity index (χ0v) is 12.1. The highest BCUT2D eigenvalue weighted by molar-refractivity contribution is 5.91. The zero-order chi connectivity index (χ0) is 13.8. The molecule has 2 aliphatic rings. The summed E-state index contributed by atoms with van der Waals surface area (Å²) in [5.41, 5.74) is 1.08. The summed E-state index contributed by atoms with van der Waals surface area (Å²) < 4.78 is 5.63. The second-order valence-electron chi connectivity index (χ2n) is 6.25. The van der Waals surface area contributed by atoms with Gasteiger partial charge in [0.05, 0.1) is 11.5 Å². The summed E-state index contributed by atoms with van der Waals surface area (Å²) in [4.78, 5) is 12.7. The van der Waals surface area contributed by atoms with E-state index in [0.29, 0.717) is 11.9 Å². The van der Waals surface area contributed by atoms with Crippen LogP contribution in [0.4, 0.5) is 0 Å². The number of benzene rings is 1. The van der Waals surface area contributed by atoms with E-state index < -0.39 is 0 Å². The Kier molecular flexibility index (Phi) is 4.21. The molecule has 1 aliphatic heterocycles. The first-order valence-electron chi connectivity index (χ1n) is 8.02. The van der Waals surface area contributed by atoms with E-state index in [1.165, 1.54) is 24.8 Å². The Hall–Kier alpha value is -1.15. The summed E-state index contributed by atoms with van der Waals surface area (Å²) in [7, 11) is 0. The van der Waals surface area contributed by atoms with Crippen LogP contribution in [0.5, 0.6) is 0 Å². The minimum Gasteiger partial charge on any atom is -0.378 e. The van der Waals surface area contributed by atoms with Crippen molar-refractivity contribution in [3.05, 3.63) is 35.9 Å². The van der Waals surface area contributed by atoms with Crippen LogP contribution >= 0.6 is 0 Å². The molecule has 1 heterocycles. The van der Waals surface area contributed by atoms with Crippen molar-refractivity contribution in [1.29, 1.82) is 0 Å². The van der Waals surface area contributed by atoms with Crippen LogP contribution in [0, 0.1) is 0 Å². The van der Waals surface area contributed by atoms with Crippen molar-refractivity contribution in [2.24, 2.45) is 0 Å². The smallest absolute Gasteiger partial charge is 0.143 e. The lowest BCUT2D eigenvalue weighted by Gasteiger charge is -2.41. The van der Waals surface area contributed by atoms with E-state index in [-0.39, 0.29) is 5.41 Å². The van der Waals surface area contributed by atoms with E-state index in [0.717, 1.165) is 38.7 Å². The topological polar surface area (TPSA) is 26.3 Å². The van der Waals surface area contributed by atoms with Crippen molar-refractivity contribution in [2.75, 3.05) is 6.61 Å². The van der Waals surface area contributed by atoms with Crippen molar-refractivity contribution in [3.63, 3.8) is 0 Å². The van der Waals surface area contributed by atoms with Gasteiger partial charge in [-0.15, -0.1) is 0 Å². The maximum Gasteiger partial charge on any atom is 0.143 e. The van der Waals surface area contributed by atoms with Gasteiger partial charge in [-0.25, -0.2) is 0 Å². The first-order valence-corrected chi connectivity index (χ1v) is 8.02. The molecule has 20 heavy (non-hydrogen) atoms. The van der Waals surface area contributed by atoms with Crippen molar-refractivity contribution in [2.45, 2.75) is 62.9 Å². The van der Waals surface area contributed by atoms with Crippen LogP contribution in [0.2, 0.25) is 0 Å². The van der Waals surface area contributed by atoms with Crippen LogP contribution in [-0.2, 0) is 14.9 Å². The number of ketones is 1. The quantitative estimate of drug-likeness (QED) is 0.781. The maximum absolute atomic E-state index is 12.7. The van der Waals surface area contributed by atoms with Gasteiger partial charge in [0.25, 0.3) is 0 Å². The Balaban J connectivity index is 1.57. The molecular weight excluding hydrogens is 248 g/mol. The average Bonchev–Trinajstić information content (AvgIpc) is 2.92. The molecule has 0 bridgehead atoms. The highest BCUT2D eigenvalue weighted by atomic mass is 16.5. The van der Waals surface area contributed by atoms with Gasteiger partial charge in [0, 0.05) is 13.0 Å². The molecule has 1 unspecified atom stereocenters. The van der Waals surface area contributed by atoms with Gasteiger partial charge in [0.2, 0.25) is 0 Å². The molecule has 2 nitrogen and oxygen atoms in total. The molecule has 1 atom stereocenters. The minimum absolute atomic E-state index is 0.155. The molecule has 3 rings (SSSR count). The first kappa shape index (κ1) is 13.8. The molecule has 108 valence electrons. The summed E-state index contributed by atoms with van der Waals surface area (Å²) in [5, 5.41) is 0. The summed E-state index contributed by atoms with van der Waals surface area (Å²) in [6.45, 7) is 0.909. The Bertz CT molecular complexity index is 442. The molecule has 1 aromatic rings. The predicted octanol–water partition coefficient (Wildman–Crippen LogP) is 4.03. The summed E-state index contributed by atoms with van der Waals surface area (Å²) in [6, 6.07) is 10.4. The van der Waals surface area contributed by atoms with Crippen molar-refractivity contribution in [3.8, 4) is 0 Å². The van der Waals surface area contributed by atoms with Crippen molar-refractivity contribution >= 4 is 5.78 Å². The largest absolute Gasteiger partial charge is 0.378 e. The first-order chi connectivity index (χ1) is 9.81. The molecule has 0 amide bonds. The Morgan fingerprint density at radius 1 is 1.20 bits per heavy atom. The molecule has 1 saturated carbocycles. The molecule has 1 saturated heterocycles. The third-order valence-corrected chi connectivity index (χ3v) is 5.02. The third kappa shape index (κ3) is 2.67. The molecule has 2 heteroatoms. The van der Waals surface area contributed by atoms with E-state index in [1.807, 2.05) is 6.07 Å². The molecule has 2 fully saturated rings. The van der Waals surface area contributed by atoms with Gasteiger partial charge in [0.15, 0.2) is 0 Å². The predicted molar refractivity (Wildman–Crippen MR) is 79.8 cm³/mol. The van der Waals surface area contributed by atoms with Gasteiger partial charge in [-0.05, 0) is 44.1 Å². The van der Waals surface area contributed by atoms with E-state index in [4.69, 9.17) is 4.74 Å². The van der Waals surface area contributed by atoms with Crippen LogP contribution in [0.1, 0.15) is 56.9 Å². The zero-order valence-electron chi connectivity index (χ0n) is 12.1. The fourth-order valence-electron chi connectivity index (χ4n) is 3.62. The van der Waals surface area contributed by atoms with E-state index in [9.17, 15) is 4.79 Å². The minimum atomic E-state index is -0.155. The molecule has 1 aliphatic carbocycles. The number of Topliss-reactive ketones (excluding diaryl/α,β-unsaturated/α-hetero) is 1. The summed E-state index contributed by atoms with van der Waals surface area (Å²) in [5.74, 6) is 0.452. The van der Waals surface area contributed by atoms with E-state index in [1.54, 1.807) is 0 Å². The Morgan fingerprint density at radius 3 is 2.60 bits per heavy atom. The van der Waals surface area contributed by atoms with Crippen molar-refractivity contribution in [1.82, 2.24) is 0 Å². The fourth-order valence-corrected chi connectivity index (χ4v) is 3.62. The monoisotopic (exact) mass is 272 g/mol. The molecule has 0 spiro atoms. The molecule has 0 N–H and O–H groups in total. The van der Waals surface area contributed by atoms with Crippen LogP contribution in [-0.4, -0.2) is 18.5 Å². The van der Waals surface area contributed by atoms with Crippen LogP contribution < -0.4 is 0 Å². The number of ether oxygens (including phenoxy) is 1. The lowest BCUT2D eigenvalue weighted by atomic mass is 9.61.